The molecule has 4 rings (SSSR count). The van der Waals surface area contributed by atoms with Crippen molar-refractivity contribution in [3.05, 3.63) is 59.0 Å². The van der Waals surface area contributed by atoms with Crippen LogP contribution in [0.15, 0.2) is 52.6 Å². The molecule has 0 spiro atoms. The number of anilines is 2. The van der Waals surface area contributed by atoms with Crippen LogP contribution in [0.2, 0.25) is 5.02 Å². The second-order valence-corrected chi connectivity index (χ2v) is 10.1. The summed E-state index contributed by atoms with van der Waals surface area (Å²) in [5, 5.41) is 3.40. The number of fused-ring (bicyclic) bond motifs is 3. The predicted octanol–water partition coefficient (Wildman–Crippen LogP) is 4.11. The van der Waals surface area contributed by atoms with E-state index in [-0.39, 0.29) is 33.2 Å². The van der Waals surface area contributed by atoms with Crippen molar-refractivity contribution in [3.63, 3.8) is 0 Å². The fourth-order valence-electron chi connectivity index (χ4n) is 3.14. The summed E-state index contributed by atoms with van der Waals surface area (Å²) in [6.07, 6.45) is 1.24. The van der Waals surface area contributed by atoms with Crippen LogP contribution in [0.3, 0.4) is 0 Å². The van der Waals surface area contributed by atoms with Crippen LogP contribution in [0.25, 0.3) is 11.3 Å². The molecule has 0 saturated carbocycles. The molecule has 1 amide bonds. The SMILES string of the molecule is Cc1cc(F)ccc1NC(=O)CSc1ncc2c(n1)-c1cc(Cl)ccc1N(C)S2(=O)=O. The number of aromatic nitrogens is 2. The summed E-state index contributed by atoms with van der Waals surface area (Å²) in [5.41, 5.74) is 2.37. The number of rotatable bonds is 4. The Morgan fingerprint density at radius 1 is 1.26 bits per heavy atom. The summed E-state index contributed by atoms with van der Waals surface area (Å²) >= 11 is 7.17. The Kier molecular flexibility index (Phi) is 5.63. The number of carbonyl (C=O) groups excluding carboxylic acids is 1. The number of hydrogen-bond acceptors (Lipinski definition) is 6. The highest BCUT2D eigenvalue weighted by Crippen LogP contribution is 2.42. The summed E-state index contributed by atoms with van der Waals surface area (Å²) in [7, 11) is -2.34. The maximum atomic E-state index is 13.2. The molecule has 0 fully saturated rings. The van der Waals surface area contributed by atoms with Crippen LogP contribution < -0.4 is 9.62 Å². The van der Waals surface area contributed by atoms with E-state index >= 15 is 0 Å². The van der Waals surface area contributed by atoms with Crippen LogP contribution in [-0.2, 0) is 14.8 Å². The van der Waals surface area contributed by atoms with E-state index in [0.717, 1.165) is 16.1 Å². The van der Waals surface area contributed by atoms with E-state index in [4.69, 9.17) is 11.6 Å². The number of carbonyl (C=O) groups is 1. The number of nitrogens with zero attached hydrogens (tertiary/aromatic N) is 3. The smallest absolute Gasteiger partial charge is 0.267 e. The molecule has 160 valence electrons. The van der Waals surface area contributed by atoms with Gasteiger partial charge in [-0.3, -0.25) is 9.10 Å². The van der Waals surface area contributed by atoms with Crippen molar-refractivity contribution in [2.24, 2.45) is 0 Å². The maximum absolute atomic E-state index is 13.2. The molecule has 0 atom stereocenters. The first-order chi connectivity index (χ1) is 14.7. The molecular formula is C20H16ClFN4O3S2. The third kappa shape index (κ3) is 4.10. The summed E-state index contributed by atoms with van der Waals surface area (Å²) in [6, 6.07) is 8.95. The van der Waals surface area contributed by atoms with Crippen LogP contribution in [0, 0.1) is 12.7 Å². The second-order valence-electron chi connectivity index (χ2n) is 6.80. The van der Waals surface area contributed by atoms with E-state index in [0.29, 0.717) is 27.5 Å². The normalized spacial score (nSPS) is 14.0. The minimum Gasteiger partial charge on any atom is -0.325 e. The van der Waals surface area contributed by atoms with Crippen molar-refractivity contribution >= 4 is 50.7 Å². The molecule has 2 heterocycles. The molecule has 7 nitrogen and oxygen atoms in total. The minimum absolute atomic E-state index is 0.00927. The molecule has 0 saturated heterocycles. The number of hydrogen-bond donors (Lipinski definition) is 1. The lowest BCUT2D eigenvalue weighted by Crippen LogP contribution is -2.31. The van der Waals surface area contributed by atoms with Crippen molar-refractivity contribution in [2.45, 2.75) is 17.0 Å². The molecule has 1 aromatic heterocycles. The van der Waals surface area contributed by atoms with E-state index in [2.05, 4.69) is 15.3 Å². The van der Waals surface area contributed by atoms with Gasteiger partial charge in [0.05, 0.1) is 23.3 Å². The fourth-order valence-corrected chi connectivity index (χ4v) is 5.23. The van der Waals surface area contributed by atoms with E-state index in [9.17, 15) is 17.6 Å². The lowest BCUT2D eigenvalue weighted by molar-refractivity contribution is -0.113. The second kappa shape index (κ2) is 8.10. The molecule has 0 unspecified atom stereocenters. The third-order valence-corrected chi connectivity index (χ3v) is 7.59. The molecule has 3 aromatic rings. The van der Waals surface area contributed by atoms with Crippen LogP contribution in [0.5, 0.6) is 0 Å². The average molecular weight is 479 g/mol. The van der Waals surface area contributed by atoms with Gasteiger partial charge in [0.15, 0.2) is 5.16 Å². The molecule has 11 heteroatoms. The van der Waals surface area contributed by atoms with Crippen LogP contribution in [-0.4, -0.2) is 37.1 Å². The number of benzene rings is 2. The van der Waals surface area contributed by atoms with Gasteiger partial charge in [-0.2, -0.15) is 0 Å². The van der Waals surface area contributed by atoms with Crippen LogP contribution in [0.4, 0.5) is 15.8 Å². The standard InChI is InChI=1S/C20H16ClFN4O3S2/c1-11-7-13(22)4-5-15(11)24-18(27)10-30-20-23-9-17-19(25-20)14-8-12(21)3-6-16(14)26(2)31(17,28)29/h3-9H,10H2,1-2H3,(H,24,27). The van der Waals surface area contributed by atoms with Crippen molar-refractivity contribution in [3.8, 4) is 11.3 Å². The van der Waals surface area contributed by atoms with E-state index < -0.39 is 10.0 Å². The van der Waals surface area contributed by atoms with Gasteiger partial charge in [-0.05, 0) is 48.9 Å². The highest BCUT2D eigenvalue weighted by atomic mass is 35.5. The van der Waals surface area contributed by atoms with Gasteiger partial charge in [-0.25, -0.2) is 22.8 Å². The van der Waals surface area contributed by atoms with Gasteiger partial charge < -0.3 is 5.32 Å². The van der Waals surface area contributed by atoms with Gasteiger partial charge in [0.2, 0.25) is 5.91 Å². The van der Waals surface area contributed by atoms with Crippen LogP contribution >= 0.6 is 23.4 Å². The number of sulfonamides is 1. The Hall–Kier alpha value is -2.69. The molecule has 1 aliphatic heterocycles. The first-order valence-corrected chi connectivity index (χ1v) is 11.8. The van der Waals surface area contributed by atoms with Crippen molar-refractivity contribution < 1.29 is 17.6 Å². The summed E-state index contributed by atoms with van der Waals surface area (Å²) in [6.45, 7) is 1.69. The predicted molar refractivity (Wildman–Crippen MR) is 119 cm³/mol. The Labute approximate surface area is 187 Å². The summed E-state index contributed by atoms with van der Waals surface area (Å²) in [5.74, 6) is -0.713. The Balaban J connectivity index is 1.58. The molecule has 1 aliphatic rings. The van der Waals surface area contributed by atoms with Crippen molar-refractivity contribution in [1.82, 2.24) is 9.97 Å². The zero-order chi connectivity index (χ0) is 22.3. The maximum Gasteiger partial charge on any atom is 0.267 e. The van der Waals surface area contributed by atoms with Gasteiger partial charge in [0.25, 0.3) is 10.0 Å². The van der Waals surface area contributed by atoms with Crippen molar-refractivity contribution in [1.29, 1.82) is 0 Å². The highest BCUT2D eigenvalue weighted by molar-refractivity contribution is 7.99. The summed E-state index contributed by atoms with van der Waals surface area (Å²) in [4.78, 5) is 20.8. The molecule has 0 aliphatic carbocycles. The average Bonchev–Trinajstić information content (AvgIpc) is 2.72. The highest BCUT2D eigenvalue weighted by Gasteiger charge is 2.34. The fraction of sp³-hybridized carbons (Fsp3) is 0.150. The zero-order valence-electron chi connectivity index (χ0n) is 16.4. The number of halogens is 2. The first-order valence-electron chi connectivity index (χ1n) is 9.01. The number of nitrogens with one attached hydrogen (secondary N) is 1. The van der Waals surface area contributed by atoms with Gasteiger partial charge >= 0.3 is 0 Å². The molecule has 2 aromatic carbocycles. The lowest BCUT2D eigenvalue weighted by Gasteiger charge is -2.28. The van der Waals surface area contributed by atoms with E-state index in [1.54, 1.807) is 25.1 Å². The Morgan fingerprint density at radius 3 is 2.77 bits per heavy atom. The van der Waals surface area contributed by atoms with Crippen LogP contribution in [0.1, 0.15) is 5.56 Å². The van der Waals surface area contributed by atoms with E-state index in [1.807, 2.05) is 0 Å². The number of aryl methyl sites for hydroxylation is 1. The van der Waals surface area contributed by atoms with Gasteiger partial charge in [-0.15, -0.1) is 0 Å². The molecule has 1 N–H and O–H groups in total. The monoisotopic (exact) mass is 478 g/mol. The van der Waals surface area contributed by atoms with Crippen molar-refractivity contribution in [2.75, 3.05) is 22.4 Å². The lowest BCUT2D eigenvalue weighted by atomic mass is 10.1. The zero-order valence-corrected chi connectivity index (χ0v) is 18.8. The largest absolute Gasteiger partial charge is 0.325 e. The van der Waals surface area contributed by atoms with Gasteiger partial charge in [0.1, 0.15) is 10.7 Å². The number of amides is 1. The minimum atomic E-state index is -3.80. The third-order valence-electron chi connectivity index (χ3n) is 4.72. The topological polar surface area (TPSA) is 92.3 Å². The quantitative estimate of drug-likeness (QED) is 0.448. The first kappa shape index (κ1) is 21.5. The molecule has 0 radical (unpaired) electrons. The summed E-state index contributed by atoms with van der Waals surface area (Å²) < 4.78 is 40.0. The molecule has 0 bridgehead atoms. The number of thioether (sulfide) groups is 1. The Morgan fingerprint density at radius 2 is 2.03 bits per heavy atom. The van der Waals surface area contributed by atoms with E-state index in [1.165, 1.54) is 31.4 Å². The molecule has 31 heavy (non-hydrogen) atoms. The molecular weight excluding hydrogens is 463 g/mol. The van der Waals surface area contributed by atoms with Gasteiger partial charge in [-0.1, -0.05) is 23.4 Å². The Bertz CT molecular complexity index is 1320. The van der Waals surface area contributed by atoms with Gasteiger partial charge in [0, 0.05) is 23.3 Å².